The minimum Gasteiger partial charge on any atom is -0.496 e. The molecule has 4 rings (SSSR count). The van der Waals surface area contributed by atoms with Crippen molar-refractivity contribution in [1.82, 2.24) is 14.3 Å². The summed E-state index contributed by atoms with van der Waals surface area (Å²) < 4.78 is 11.0. The van der Waals surface area contributed by atoms with Crippen LogP contribution in [-0.4, -0.2) is 28.5 Å². The van der Waals surface area contributed by atoms with Crippen molar-refractivity contribution in [2.45, 2.75) is 64.3 Å². The number of nitrogens with zero attached hydrogens (tertiary/aromatic N) is 1. The lowest BCUT2D eigenvalue weighted by molar-refractivity contribution is 0.382. The van der Waals surface area contributed by atoms with Gasteiger partial charge in [0.15, 0.2) is 0 Å². The first-order valence-corrected chi connectivity index (χ1v) is 13.2. The van der Waals surface area contributed by atoms with Crippen LogP contribution in [0.4, 0.5) is 0 Å². The molecule has 0 bridgehead atoms. The van der Waals surface area contributed by atoms with Gasteiger partial charge in [0, 0.05) is 34.8 Å². The SMILES string of the molecule is COc1c(-c2ccc3c(c2)CCC3C(C)(C)NSC)cc(-n2ccc(=O)[nH]c2=O)cc1C(C)(C)C. The van der Waals surface area contributed by atoms with E-state index in [0.717, 1.165) is 35.3 Å². The summed E-state index contributed by atoms with van der Waals surface area (Å²) in [6.07, 6.45) is 5.73. The Morgan fingerprint density at radius 2 is 1.83 bits per heavy atom. The molecule has 7 heteroatoms. The van der Waals surface area contributed by atoms with Gasteiger partial charge in [-0.05, 0) is 67.2 Å². The number of hydrogen-bond donors (Lipinski definition) is 2. The van der Waals surface area contributed by atoms with Crippen molar-refractivity contribution in [2.24, 2.45) is 0 Å². The molecule has 1 unspecified atom stereocenters. The summed E-state index contributed by atoms with van der Waals surface area (Å²) in [6.45, 7) is 10.9. The molecule has 35 heavy (non-hydrogen) atoms. The Morgan fingerprint density at radius 3 is 2.46 bits per heavy atom. The van der Waals surface area contributed by atoms with Crippen molar-refractivity contribution in [3.05, 3.63) is 80.1 Å². The van der Waals surface area contributed by atoms with E-state index in [4.69, 9.17) is 4.74 Å². The summed E-state index contributed by atoms with van der Waals surface area (Å²) in [5, 5.41) is 0. The van der Waals surface area contributed by atoms with Crippen molar-refractivity contribution < 1.29 is 4.74 Å². The number of nitrogens with one attached hydrogen (secondary N) is 2. The van der Waals surface area contributed by atoms with Gasteiger partial charge < -0.3 is 4.74 Å². The lowest BCUT2D eigenvalue weighted by atomic mass is 9.82. The molecule has 3 aromatic rings. The summed E-state index contributed by atoms with van der Waals surface area (Å²) in [4.78, 5) is 26.6. The standard InChI is InChI=1S/C28H35N3O3S/c1-27(2,3)23-16-19(31-13-12-24(32)29-26(31)33)15-21(25(23)34-6)18-8-10-20-17(14-18)9-11-22(20)28(4,5)30-35-7/h8,10,12-16,22,30H,9,11H2,1-7H3,(H,29,32,33). The summed E-state index contributed by atoms with van der Waals surface area (Å²) in [5.74, 6) is 1.25. The molecule has 1 aliphatic rings. The van der Waals surface area contributed by atoms with Gasteiger partial charge >= 0.3 is 5.69 Å². The molecule has 0 saturated heterocycles. The van der Waals surface area contributed by atoms with Gasteiger partial charge in [-0.25, -0.2) is 4.79 Å². The highest BCUT2D eigenvalue weighted by Crippen LogP contribution is 2.45. The Morgan fingerprint density at radius 1 is 1.09 bits per heavy atom. The minimum atomic E-state index is -0.464. The highest BCUT2D eigenvalue weighted by Gasteiger charge is 2.35. The second-order valence-electron chi connectivity index (χ2n) is 10.8. The van der Waals surface area contributed by atoms with Crippen LogP contribution in [0.15, 0.2) is 52.2 Å². The number of ether oxygens (including phenoxy) is 1. The molecule has 0 amide bonds. The first-order valence-electron chi connectivity index (χ1n) is 11.9. The van der Waals surface area contributed by atoms with Crippen LogP contribution < -0.4 is 20.7 Å². The molecule has 0 aliphatic heterocycles. The first-order chi connectivity index (χ1) is 16.5. The van der Waals surface area contributed by atoms with Crippen molar-refractivity contribution in [3.63, 3.8) is 0 Å². The quantitative estimate of drug-likeness (QED) is 0.463. The van der Waals surface area contributed by atoms with Crippen LogP contribution in [0.25, 0.3) is 16.8 Å². The molecule has 6 nitrogen and oxygen atoms in total. The predicted molar refractivity (Wildman–Crippen MR) is 145 cm³/mol. The molecule has 1 aromatic heterocycles. The molecule has 1 heterocycles. The van der Waals surface area contributed by atoms with E-state index in [-0.39, 0.29) is 11.0 Å². The van der Waals surface area contributed by atoms with Crippen LogP contribution >= 0.6 is 11.9 Å². The zero-order chi connectivity index (χ0) is 25.5. The third-order valence-corrected chi connectivity index (χ3v) is 7.69. The second-order valence-corrected chi connectivity index (χ2v) is 11.4. The Kier molecular flexibility index (Phi) is 6.77. The van der Waals surface area contributed by atoms with Crippen LogP contribution in [0.5, 0.6) is 5.75 Å². The lowest BCUT2D eigenvalue weighted by Crippen LogP contribution is -2.39. The van der Waals surface area contributed by atoms with E-state index in [0.29, 0.717) is 11.6 Å². The van der Waals surface area contributed by atoms with Gasteiger partial charge in [0.2, 0.25) is 0 Å². The van der Waals surface area contributed by atoms with Gasteiger partial charge in [-0.3, -0.25) is 19.1 Å². The maximum atomic E-state index is 12.6. The van der Waals surface area contributed by atoms with E-state index >= 15 is 0 Å². The fourth-order valence-electron chi connectivity index (χ4n) is 5.23. The van der Waals surface area contributed by atoms with Crippen LogP contribution in [0.3, 0.4) is 0 Å². The monoisotopic (exact) mass is 493 g/mol. The summed E-state index contributed by atoms with van der Waals surface area (Å²) in [6, 6.07) is 12.0. The molecule has 0 fully saturated rings. The smallest absolute Gasteiger partial charge is 0.332 e. The Labute approximate surface area is 211 Å². The highest BCUT2D eigenvalue weighted by atomic mass is 32.2. The van der Waals surface area contributed by atoms with Gasteiger partial charge in [-0.15, -0.1) is 0 Å². The first kappa shape index (κ1) is 25.3. The fraction of sp³-hybridized carbons (Fsp3) is 0.429. The molecular formula is C28H35N3O3S. The minimum absolute atomic E-state index is 0.00537. The topological polar surface area (TPSA) is 76.1 Å². The van der Waals surface area contributed by atoms with E-state index in [2.05, 4.69) is 68.8 Å². The Bertz CT molecular complexity index is 1370. The maximum Gasteiger partial charge on any atom is 0.332 e. The fourth-order valence-corrected chi connectivity index (χ4v) is 5.90. The Hall–Kier alpha value is -2.77. The number of fused-ring (bicyclic) bond motifs is 1. The van der Waals surface area contributed by atoms with E-state index in [1.165, 1.54) is 28.0 Å². The van der Waals surface area contributed by atoms with E-state index < -0.39 is 11.2 Å². The third kappa shape index (κ3) is 4.84. The number of aromatic amines is 1. The number of aromatic nitrogens is 2. The number of H-pyrrole nitrogens is 1. The van der Waals surface area contributed by atoms with Crippen molar-refractivity contribution in [3.8, 4) is 22.6 Å². The van der Waals surface area contributed by atoms with Crippen LogP contribution in [0.2, 0.25) is 0 Å². The molecular weight excluding hydrogens is 458 g/mol. The van der Waals surface area contributed by atoms with E-state index in [1.807, 2.05) is 12.1 Å². The van der Waals surface area contributed by atoms with Gasteiger partial charge in [0.25, 0.3) is 5.56 Å². The Balaban J connectivity index is 1.90. The number of rotatable bonds is 6. The van der Waals surface area contributed by atoms with Gasteiger partial charge in [-0.2, -0.15) is 0 Å². The third-order valence-electron chi connectivity index (χ3n) is 6.96. The van der Waals surface area contributed by atoms with Gasteiger partial charge in [-0.1, -0.05) is 50.9 Å². The summed E-state index contributed by atoms with van der Waals surface area (Å²) >= 11 is 1.66. The van der Waals surface area contributed by atoms with Gasteiger partial charge in [0.05, 0.1) is 12.8 Å². The number of methoxy groups -OCH3 is 1. The van der Waals surface area contributed by atoms with Crippen LogP contribution in [0.1, 0.15) is 63.6 Å². The molecule has 2 aromatic carbocycles. The van der Waals surface area contributed by atoms with Crippen LogP contribution in [0, 0.1) is 0 Å². The number of hydrogen-bond acceptors (Lipinski definition) is 5. The van der Waals surface area contributed by atoms with Crippen molar-refractivity contribution in [1.29, 1.82) is 0 Å². The predicted octanol–water partition coefficient (Wildman–Crippen LogP) is 5.17. The molecule has 1 aliphatic carbocycles. The van der Waals surface area contributed by atoms with Crippen molar-refractivity contribution >= 4 is 11.9 Å². The molecule has 1 atom stereocenters. The number of aryl methyl sites for hydroxylation is 1. The normalized spacial score (nSPS) is 15.8. The largest absolute Gasteiger partial charge is 0.496 e. The summed E-state index contributed by atoms with van der Waals surface area (Å²) in [5.41, 5.74) is 5.31. The van der Waals surface area contributed by atoms with Gasteiger partial charge in [0.1, 0.15) is 5.75 Å². The van der Waals surface area contributed by atoms with E-state index in [9.17, 15) is 9.59 Å². The lowest BCUT2D eigenvalue weighted by Gasteiger charge is -2.32. The molecule has 0 spiro atoms. The highest BCUT2D eigenvalue weighted by molar-refractivity contribution is 7.96. The molecule has 0 saturated carbocycles. The maximum absolute atomic E-state index is 12.6. The molecule has 186 valence electrons. The molecule has 0 radical (unpaired) electrons. The second kappa shape index (κ2) is 9.36. The van der Waals surface area contributed by atoms with Crippen molar-refractivity contribution in [2.75, 3.05) is 13.4 Å². The molecule has 2 N–H and O–H groups in total. The average molecular weight is 494 g/mol. The zero-order valence-corrected chi connectivity index (χ0v) is 22.4. The summed E-state index contributed by atoms with van der Waals surface area (Å²) in [7, 11) is 1.69. The zero-order valence-electron chi connectivity index (χ0n) is 21.6. The average Bonchev–Trinajstić information content (AvgIpc) is 3.22. The van der Waals surface area contributed by atoms with E-state index in [1.54, 1.807) is 19.1 Å². The van der Waals surface area contributed by atoms with Crippen LogP contribution in [-0.2, 0) is 11.8 Å². The number of benzene rings is 2.